The largest absolute Gasteiger partial charge is 0.416 e. The molecule has 1 aromatic carbocycles. The van der Waals surface area contributed by atoms with Gasteiger partial charge in [0.2, 0.25) is 5.82 Å². The zero-order valence-corrected chi connectivity index (χ0v) is 16.8. The molecule has 0 radical (unpaired) electrons. The van der Waals surface area contributed by atoms with Gasteiger partial charge in [-0.2, -0.15) is 18.2 Å². The first-order valence-electron chi connectivity index (χ1n) is 9.84. The summed E-state index contributed by atoms with van der Waals surface area (Å²) in [5.74, 6) is 0.190. The normalized spacial score (nSPS) is 15.3. The smallest absolute Gasteiger partial charge is 0.336 e. The molecule has 1 saturated heterocycles. The van der Waals surface area contributed by atoms with Crippen molar-refractivity contribution >= 4 is 5.91 Å². The third kappa shape index (κ3) is 4.58. The Hall–Kier alpha value is -3.27. The van der Waals surface area contributed by atoms with Gasteiger partial charge in [-0.3, -0.25) is 9.78 Å². The average Bonchev–Trinajstić information content (AvgIpc) is 3.29. The van der Waals surface area contributed by atoms with Gasteiger partial charge in [0, 0.05) is 37.9 Å². The van der Waals surface area contributed by atoms with E-state index in [0.29, 0.717) is 29.9 Å². The number of piperazine rings is 1. The molecule has 0 spiro atoms. The molecule has 7 nitrogen and oxygen atoms in total. The van der Waals surface area contributed by atoms with E-state index in [1.807, 2.05) is 0 Å². The number of alkyl halides is 3. The van der Waals surface area contributed by atoms with E-state index >= 15 is 0 Å². The molecule has 0 aliphatic carbocycles. The van der Waals surface area contributed by atoms with Crippen molar-refractivity contribution in [3.05, 3.63) is 53.7 Å². The molecule has 1 amide bonds. The number of hydrogen-bond acceptors (Lipinski definition) is 6. The first kappa shape index (κ1) is 21.0. The zero-order chi connectivity index (χ0) is 22.0. The molecule has 10 heteroatoms. The Labute approximate surface area is 176 Å². The first-order chi connectivity index (χ1) is 14.8. The van der Waals surface area contributed by atoms with Crippen molar-refractivity contribution in [1.29, 1.82) is 0 Å². The van der Waals surface area contributed by atoms with Crippen LogP contribution in [0.5, 0.6) is 0 Å². The molecule has 1 fully saturated rings. The average molecular weight is 431 g/mol. The third-order valence-corrected chi connectivity index (χ3v) is 5.23. The standard InChI is InChI=1S/C21H20F3N5O2/c1-2-28-9-11-29(12-10-28)20(30)15-5-8-17(25-13-15)19-26-18(27-31-19)14-3-6-16(7-4-14)21(22,23)24/h3-8,13H,2,9-12H2,1H3. The second-order valence-corrected chi connectivity index (χ2v) is 7.16. The summed E-state index contributed by atoms with van der Waals surface area (Å²) in [6.07, 6.45) is -2.94. The van der Waals surface area contributed by atoms with Crippen LogP contribution < -0.4 is 0 Å². The maximum atomic E-state index is 12.7. The van der Waals surface area contributed by atoms with Gasteiger partial charge in [-0.05, 0) is 30.8 Å². The molecule has 3 aromatic rings. The second-order valence-electron chi connectivity index (χ2n) is 7.16. The van der Waals surface area contributed by atoms with Gasteiger partial charge in [-0.1, -0.05) is 24.2 Å². The van der Waals surface area contributed by atoms with Crippen LogP contribution in [-0.4, -0.2) is 63.6 Å². The van der Waals surface area contributed by atoms with E-state index in [1.54, 1.807) is 17.0 Å². The number of rotatable bonds is 4. The highest BCUT2D eigenvalue weighted by Crippen LogP contribution is 2.30. The summed E-state index contributed by atoms with van der Waals surface area (Å²) in [7, 11) is 0. The van der Waals surface area contributed by atoms with Crippen LogP contribution in [0.4, 0.5) is 13.2 Å². The molecular formula is C21H20F3N5O2. The van der Waals surface area contributed by atoms with Gasteiger partial charge >= 0.3 is 6.18 Å². The van der Waals surface area contributed by atoms with Gasteiger partial charge in [0.1, 0.15) is 5.69 Å². The highest BCUT2D eigenvalue weighted by Gasteiger charge is 2.30. The molecule has 0 unspecified atom stereocenters. The van der Waals surface area contributed by atoms with E-state index in [0.717, 1.165) is 31.8 Å². The maximum Gasteiger partial charge on any atom is 0.416 e. The monoisotopic (exact) mass is 431 g/mol. The highest BCUT2D eigenvalue weighted by molar-refractivity contribution is 5.94. The first-order valence-corrected chi connectivity index (χ1v) is 9.84. The van der Waals surface area contributed by atoms with Gasteiger partial charge in [0.25, 0.3) is 11.8 Å². The molecule has 4 rings (SSSR count). The van der Waals surface area contributed by atoms with Crippen LogP contribution in [0.2, 0.25) is 0 Å². The van der Waals surface area contributed by atoms with Crippen LogP contribution in [0.1, 0.15) is 22.8 Å². The molecule has 3 heterocycles. The summed E-state index contributed by atoms with van der Waals surface area (Å²) in [5, 5.41) is 3.81. The maximum absolute atomic E-state index is 12.7. The molecule has 0 saturated carbocycles. The molecule has 1 aliphatic rings. The molecule has 2 aromatic heterocycles. The van der Waals surface area contributed by atoms with E-state index < -0.39 is 11.7 Å². The minimum Gasteiger partial charge on any atom is -0.336 e. The Balaban J connectivity index is 1.45. The van der Waals surface area contributed by atoms with Crippen molar-refractivity contribution in [2.45, 2.75) is 13.1 Å². The zero-order valence-electron chi connectivity index (χ0n) is 16.8. The van der Waals surface area contributed by atoms with E-state index in [1.165, 1.54) is 18.3 Å². The fraction of sp³-hybridized carbons (Fsp3) is 0.333. The number of amides is 1. The van der Waals surface area contributed by atoms with E-state index in [2.05, 4.69) is 26.9 Å². The third-order valence-electron chi connectivity index (χ3n) is 5.23. The van der Waals surface area contributed by atoms with Crippen molar-refractivity contribution in [2.24, 2.45) is 0 Å². The lowest BCUT2D eigenvalue weighted by Crippen LogP contribution is -2.48. The Kier molecular flexibility index (Phi) is 5.73. The summed E-state index contributed by atoms with van der Waals surface area (Å²) in [6, 6.07) is 7.75. The molecule has 31 heavy (non-hydrogen) atoms. The van der Waals surface area contributed by atoms with Crippen molar-refractivity contribution < 1.29 is 22.5 Å². The molecule has 0 bridgehead atoms. The number of hydrogen-bond donors (Lipinski definition) is 0. The van der Waals surface area contributed by atoms with Gasteiger partial charge in [-0.25, -0.2) is 0 Å². The fourth-order valence-electron chi connectivity index (χ4n) is 3.35. The predicted octanol–water partition coefficient (Wildman–Crippen LogP) is 3.60. The SMILES string of the molecule is CCN1CCN(C(=O)c2ccc(-c3nc(-c4ccc(C(F)(F)F)cc4)no3)nc2)CC1. The molecular weight excluding hydrogens is 411 g/mol. The number of benzene rings is 1. The quantitative estimate of drug-likeness (QED) is 0.629. The van der Waals surface area contributed by atoms with Crippen molar-refractivity contribution in [1.82, 2.24) is 24.9 Å². The minimum absolute atomic E-state index is 0.0780. The number of halogens is 3. The van der Waals surface area contributed by atoms with Gasteiger partial charge in [0.15, 0.2) is 0 Å². The van der Waals surface area contributed by atoms with Crippen LogP contribution in [0.3, 0.4) is 0 Å². The fourth-order valence-corrected chi connectivity index (χ4v) is 3.35. The molecule has 0 atom stereocenters. The topological polar surface area (TPSA) is 75.4 Å². The number of pyridine rings is 1. The Bertz CT molecular complexity index is 1040. The highest BCUT2D eigenvalue weighted by atomic mass is 19.4. The summed E-state index contributed by atoms with van der Waals surface area (Å²) < 4.78 is 43.3. The van der Waals surface area contributed by atoms with Crippen LogP contribution in [-0.2, 0) is 6.18 Å². The molecule has 162 valence electrons. The van der Waals surface area contributed by atoms with Gasteiger partial charge in [-0.15, -0.1) is 0 Å². The lowest BCUT2D eigenvalue weighted by atomic mass is 10.1. The number of nitrogens with zero attached hydrogens (tertiary/aromatic N) is 5. The van der Waals surface area contributed by atoms with Crippen LogP contribution in [0.25, 0.3) is 23.0 Å². The predicted molar refractivity (Wildman–Crippen MR) is 106 cm³/mol. The number of likely N-dealkylation sites (N-methyl/N-ethyl adjacent to an activating group) is 1. The minimum atomic E-state index is -4.41. The Morgan fingerprint density at radius 2 is 1.77 bits per heavy atom. The van der Waals surface area contributed by atoms with E-state index in [9.17, 15) is 18.0 Å². The van der Waals surface area contributed by atoms with Crippen molar-refractivity contribution in [3.8, 4) is 23.0 Å². The number of carbonyl (C=O) groups excluding carboxylic acids is 1. The molecule has 1 aliphatic heterocycles. The summed E-state index contributed by atoms with van der Waals surface area (Å²) in [5.41, 5.74) is 0.480. The van der Waals surface area contributed by atoms with E-state index in [4.69, 9.17) is 4.52 Å². The lowest BCUT2D eigenvalue weighted by Gasteiger charge is -2.34. The summed E-state index contributed by atoms with van der Waals surface area (Å²) >= 11 is 0. The number of carbonyl (C=O) groups is 1. The molecule has 0 N–H and O–H groups in total. The summed E-state index contributed by atoms with van der Waals surface area (Å²) in [6.45, 7) is 6.12. The van der Waals surface area contributed by atoms with Crippen LogP contribution >= 0.6 is 0 Å². The van der Waals surface area contributed by atoms with Crippen LogP contribution in [0.15, 0.2) is 47.1 Å². The van der Waals surface area contributed by atoms with E-state index in [-0.39, 0.29) is 17.6 Å². The van der Waals surface area contributed by atoms with Crippen LogP contribution in [0, 0.1) is 0 Å². The second kappa shape index (κ2) is 8.46. The lowest BCUT2D eigenvalue weighted by molar-refractivity contribution is -0.137. The van der Waals surface area contributed by atoms with Gasteiger partial charge in [0.05, 0.1) is 11.1 Å². The Morgan fingerprint density at radius 3 is 2.35 bits per heavy atom. The van der Waals surface area contributed by atoms with Crippen molar-refractivity contribution in [2.75, 3.05) is 32.7 Å². The van der Waals surface area contributed by atoms with Gasteiger partial charge < -0.3 is 14.3 Å². The Morgan fingerprint density at radius 1 is 1.06 bits per heavy atom. The summed E-state index contributed by atoms with van der Waals surface area (Å²) in [4.78, 5) is 25.2. The van der Waals surface area contributed by atoms with Crippen molar-refractivity contribution in [3.63, 3.8) is 0 Å². The number of aromatic nitrogens is 3.